The van der Waals surface area contributed by atoms with Crippen molar-refractivity contribution in [2.45, 2.75) is 12.5 Å². The second-order valence-corrected chi connectivity index (χ2v) is 6.30. The highest BCUT2D eigenvalue weighted by atomic mass is 16.2. The van der Waals surface area contributed by atoms with Crippen LogP contribution in [0.3, 0.4) is 0 Å². The molecule has 3 aromatic rings. The van der Waals surface area contributed by atoms with Crippen LogP contribution in [0.1, 0.15) is 32.8 Å². The Morgan fingerprint density at radius 1 is 1.31 bits per heavy atom. The van der Waals surface area contributed by atoms with E-state index in [1.807, 2.05) is 12.1 Å². The minimum absolute atomic E-state index is 0.0274. The fourth-order valence-electron chi connectivity index (χ4n) is 2.95. The van der Waals surface area contributed by atoms with Gasteiger partial charge in [0, 0.05) is 31.2 Å². The molecule has 2 atom stereocenters. The molecule has 0 aliphatic heterocycles. The van der Waals surface area contributed by atoms with Gasteiger partial charge < -0.3 is 20.6 Å². The van der Waals surface area contributed by atoms with Crippen molar-refractivity contribution in [3.63, 3.8) is 0 Å². The molecule has 8 heteroatoms. The van der Waals surface area contributed by atoms with Crippen molar-refractivity contribution in [1.82, 2.24) is 25.6 Å². The first-order chi connectivity index (χ1) is 12.7. The van der Waals surface area contributed by atoms with Crippen molar-refractivity contribution >= 4 is 22.8 Å². The van der Waals surface area contributed by atoms with E-state index in [4.69, 9.17) is 5.26 Å². The second kappa shape index (κ2) is 6.37. The highest BCUT2D eigenvalue weighted by molar-refractivity contribution is 6.04. The van der Waals surface area contributed by atoms with Crippen molar-refractivity contribution in [2.75, 3.05) is 6.54 Å². The highest BCUT2D eigenvalue weighted by Gasteiger charge is 2.38. The smallest absolute Gasteiger partial charge is 0.267 e. The molecule has 1 fully saturated rings. The second-order valence-electron chi connectivity index (χ2n) is 6.30. The first-order valence-corrected chi connectivity index (χ1v) is 8.25. The zero-order valence-corrected chi connectivity index (χ0v) is 13.7. The lowest BCUT2D eigenvalue weighted by Crippen LogP contribution is -2.31. The predicted octanol–water partition coefficient (Wildman–Crippen LogP) is 1.31. The summed E-state index contributed by atoms with van der Waals surface area (Å²) in [6.07, 6.45) is 5.66. The third kappa shape index (κ3) is 3.02. The fourth-order valence-corrected chi connectivity index (χ4v) is 2.95. The Morgan fingerprint density at radius 2 is 2.19 bits per heavy atom. The van der Waals surface area contributed by atoms with E-state index in [-0.39, 0.29) is 23.8 Å². The Hall–Kier alpha value is -3.60. The lowest BCUT2D eigenvalue weighted by molar-refractivity contribution is 0.0944. The Kier molecular flexibility index (Phi) is 3.89. The molecular weight excluding hydrogens is 332 g/mol. The Balaban J connectivity index is 1.30. The molecule has 3 heterocycles. The third-order valence-electron chi connectivity index (χ3n) is 4.51. The van der Waals surface area contributed by atoms with Crippen LogP contribution in [0.5, 0.6) is 0 Å². The van der Waals surface area contributed by atoms with E-state index in [0.29, 0.717) is 28.9 Å². The molecule has 3 aromatic heterocycles. The van der Waals surface area contributed by atoms with E-state index in [0.717, 1.165) is 11.9 Å². The lowest BCUT2D eigenvalue weighted by atomic mass is 10.2. The Morgan fingerprint density at radius 3 is 3.00 bits per heavy atom. The van der Waals surface area contributed by atoms with Gasteiger partial charge >= 0.3 is 0 Å². The molecule has 0 aromatic carbocycles. The summed E-state index contributed by atoms with van der Waals surface area (Å²) in [7, 11) is 0. The molecule has 0 bridgehead atoms. The van der Waals surface area contributed by atoms with Crippen LogP contribution in [-0.2, 0) is 0 Å². The summed E-state index contributed by atoms with van der Waals surface area (Å²) < 4.78 is 0. The molecule has 8 nitrogen and oxygen atoms in total. The Bertz CT molecular complexity index is 1030. The number of fused-ring (bicyclic) bond motifs is 1. The molecular formula is C18H16N6O2. The van der Waals surface area contributed by atoms with Gasteiger partial charge in [0.2, 0.25) is 0 Å². The Labute approximate surface area is 148 Å². The molecule has 4 rings (SSSR count). The molecule has 1 aliphatic rings. The largest absolute Gasteiger partial charge is 0.359 e. The van der Waals surface area contributed by atoms with Crippen LogP contribution in [0.2, 0.25) is 0 Å². The predicted molar refractivity (Wildman–Crippen MR) is 93.3 cm³/mol. The van der Waals surface area contributed by atoms with Crippen LogP contribution in [0.25, 0.3) is 11.0 Å². The number of rotatable bonds is 5. The number of nitriles is 1. The number of amides is 2. The summed E-state index contributed by atoms with van der Waals surface area (Å²) in [5, 5.41) is 14.6. The summed E-state index contributed by atoms with van der Waals surface area (Å²) in [6, 6.07) is 7.01. The van der Waals surface area contributed by atoms with Crippen LogP contribution in [-0.4, -0.2) is 39.4 Å². The molecule has 2 amide bonds. The van der Waals surface area contributed by atoms with E-state index in [2.05, 4.69) is 25.6 Å². The maximum absolute atomic E-state index is 12.4. The van der Waals surface area contributed by atoms with Gasteiger partial charge in [-0.3, -0.25) is 14.6 Å². The van der Waals surface area contributed by atoms with E-state index in [1.165, 1.54) is 12.3 Å². The van der Waals surface area contributed by atoms with Crippen LogP contribution in [0, 0.1) is 17.2 Å². The third-order valence-corrected chi connectivity index (χ3v) is 4.51. The number of carbonyl (C=O) groups excluding carboxylic acids is 2. The number of H-pyrrole nitrogens is 2. The number of nitrogens with one attached hydrogen (secondary N) is 4. The molecule has 130 valence electrons. The SMILES string of the molecule is N#Cc1c[nH]c(C(=O)N[C@@H]2C[C@@H]2CNC(=O)c2ccnc3cc[nH]c23)c1. The molecule has 1 saturated carbocycles. The normalized spacial score (nSPS) is 18.3. The van der Waals surface area contributed by atoms with Crippen LogP contribution < -0.4 is 10.6 Å². The first-order valence-electron chi connectivity index (χ1n) is 8.25. The summed E-state index contributed by atoms with van der Waals surface area (Å²) >= 11 is 0. The van der Waals surface area contributed by atoms with Gasteiger partial charge in [0.25, 0.3) is 11.8 Å². The number of hydrogen-bond donors (Lipinski definition) is 4. The maximum Gasteiger partial charge on any atom is 0.267 e. The fraction of sp³-hybridized carbons (Fsp3) is 0.222. The average Bonchev–Trinajstić information content (AvgIpc) is 3.06. The van der Waals surface area contributed by atoms with Gasteiger partial charge in [-0.2, -0.15) is 5.26 Å². The van der Waals surface area contributed by atoms with Crippen molar-refractivity contribution in [1.29, 1.82) is 5.26 Å². The van der Waals surface area contributed by atoms with Crippen LogP contribution in [0.15, 0.2) is 36.8 Å². The highest BCUT2D eigenvalue weighted by Crippen LogP contribution is 2.30. The van der Waals surface area contributed by atoms with Gasteiger partial charge in [0.05, 0.1) is 22.2 Å². The van der Waals surface area contributed by atoms with Gasteiger partial charge in [0.1, 0.15) is 11.8 Å². The van der Waals surface area contributed by atoms with Gasteiger partial charge in [-0.15, -0.1) is 0 Å². The zero-order valence-electron chi connectivity index (χ0n) is 13.7. The topological polar surface area (TPSA) is 126 Å². The first kappa shape index (κ1) is 15.9. The maximum atomic E-state index is 12.4. The summed E-state index contributed by atoms with van der Waals surface area (Å²) in [5.74, 6) is -0.207. The monoisotopic (exact) mass is 348 g/mol. The molecule has 4 N–H and O–H groups in total. The van der Waals surface area contributed by atoms with Gasteiger partial charge in [-0.05, 0) is 30.5 Å². The van der Waals surface area contributed by atoms with Crippen LogP contribution in [0.4, 0.5) is 0 Å². The van der Waals surface area contributed by atoms with Crippen molar-refractivity contribution in [3.05, 3.63) is 53.6 Å². The molecule has 0 radical (unpaired) electrons. The zero-order chi connectivity index (χ0) is 18.1. The van der Waals surface area contributed by atoms with Crippen molar-refractivity contribution in [2.24, 2.45) is 5.92 Å². The summed E-state index contributed by atoms with van der Waals surface area (Å²) in [6.45, 7) is 0.489. The summed E-state index contributed by atoms with van der Waals surface area (Å²) in [4.78, 5) is 34.5. The number of pyridine rings is 1. The molecule has 0 saturated heterocycles. The van der Waals surface area contributed by atoms with E-state index >= 15 is 0 Å². The standard InChI is InChI=1S/C18H16N6O2/c19-7-10-5-15(22-8-10)18(26)24-14-6-11(14)9-23-17(25)12-1-3-20-13-2-4-21-16(12)13/h1-5,8,11,14,21-22H,6,9H2,(H,23,25)(H,24,26)/t11-,14-/m1/s1. The molecule has 0 unspecified atom stereocenters. The number of nitrogens with zero attached hydrogens (tertiary/aromatic N) is 2. The van der Waals surface area contributed by atoms with Gasteiger partial charge in [-0.1, -0.05) is 0 Å². The quantitative estimate of drug-likeness (QED) is 0.554. The lowest BCUT2D eigenvalue weighted by Gasteiger charge is -2.06. The number of aromatic nitrogens is 3. The number of aromatic amines is 2. The van der Waals surface area contributed by atoms with E-state index in [1.54, 1.807) is 18.5 Å². The minimum Gasteiger partial charge on any atom is -0.359 e. The molecule has 26 heavy (non-hydrogen) atoms. The van der Waals surface area contributed by atoms with E-state index < -0.39 is 0 Å². The van der Waals surface area contributed by atoms with Crippen molar-refractivity contribution < 1.29 is 9.59 Å². The average molecular weight is 348 g/mol. The number of carbonyl (C=O) groups is 2. The van der Waals surface area contributed by atoms with Crippen LogP contribution >= 0.6 is 0 Å². The molecule has 1 aliphatic carbocycles. The van der Waals surface area contributed by atoms with Gasteiger partial charge in [0.15, 0.2) is 0 Å². The van der Waals surface area contributed by atoms with Crippen molar-refractivity contribution in [3.8, 4) is 6.07 Å². The number of hydrogen-bond acceptors (Lipinski definition) is 4. The van der Waals surface area contributed by atoms with E-state index in [9.17, 15) is 9.59 Å². The van der Waals surface area contributed by atoms with Gasteiger partial charge in [-0.25, -0.2) is 0 Å². The minimum atomic E-state index is -0.243. The molecule has 0 spiro atoms. The summed E-state index contributed by atoms with van der Waals surface area (Å²) in [5.41, 5.74) is 2.80.